The van der Waals surface area contributed by atoms with E-state index in [1.54, 1.807) is 0 Å². The van der Waals surface area contributed by atoms with Crippen molar-refractivity contribution in [2.75, 3.05) is 0 Å². The van der Waals surface area contributed by atoms with Gasteiger partial charge in [0, 0.05) is 0 Å². The molecule has 0 amide bonds. The summed E-state index contributed by atoms with van der Waals surface area (Å²) in [4.78, 5) is 0. The van der Waals surface area contributed by atoms with E-state index in [-0.39, 0.29) is 4.64 Å². The summed E-state index contributed by atoms with van der Waals surface area (Å²) in [7, 11) is -2.61. The Morgan fingerprint density at radius 3 is 0.562 bits per heavy atom. The Kier molecular flexibility index (Phi) is 10.8. The van der Waals surface area contributed by atoms with Crippen molar-refractivity contribution in [3.05, 3.63) is 179 Å². The second-order valence-electron chi connectivity index (χ2n) is 13.1. The van der Waals surface area contributed by atoms with E-state index in [9.17, 15) is 0 Å². The average Bonchev–Trinajstić information content (AvgIpc) is 3.10. The molecule has 3 heteroatoms. The van der Waals surface area contributed by atoms with Crippen LogP contribution in [-0.4, -0.2) is 4.64 Å². The molecule has 0 atom stereocenters. The van der Waals surface area contributed by atoms with Crippen LogP contribution in [0.1, 0.15) is 46.7 Å². The van der Waals surface area contributed by atoms with Crippen molar-refractivity contribution in [2.24, 2.45) is 0 Å². The molecule has 0 nitrogen and oxygen atoms in total. The molecule has 0 spiro atoms. The normalized spacial score (nSPS) is 11.9. The molecule has 6 aromatic carbocycles. The lowest BCUT2D eigenvalue weighted by Crippen LogP contribution is -2.42. The molecule has 0 fully saturated rings. The van der Waals surface area contributed by atoms with Crippen molar-refractivity contribution >= 4 is 55.6 Å². The zero-order valence-corrected chi connectivity index (χ0v) is 32.1. The highest BCUT2D eigenvalue weighted by molar-refractivity contribution is 8.05. The Morgan fingerprint density at radius 2 is 0.438 bits per heavy atom. The Bertz CT molecular complexity index is 1560. The zero-order valence-electron chi connectivity index (χ0n) is 29.4. The van der Waals surface area contributed by atoms with Crippen LogP contribution < -0.4 is 31.8 Å². The van der Waals surface area contributed by atoms with E-state index in [1.807, 2.05) is 0 Å². The second-order valence-corrected chi connectivity index (χ2v) is 21.6. The first-order chi connectivity index (χ1) is 23.2. The van der Waals surface area contributed by atoms with Gasteiger partial charge in [-0.25, -0.2) is 0 Å². The van der Waals surface area contributed by atoms with E-state index in [4.69, 9.17) is 0 Å². The van der Waals surface area contributed by atoms with Gasteiger partial charge in [0.05, 0.1) is 4.64 Å². The standard InChI is InChI=1S/C45H47P3/c1-8-45(46(39-21-9-33(2)10-22-39)40-23-11-34(3)12-24-40,47(41-25-13-35(4)14-26-41)42-27-15-36(5)16-28-42)48(43-29-17-37(6)18-30-43)44-31-19-38(7)20-32-44/h9-32H,8H2,1-7H3. The molecule has 0 aromatic heterocycles. The molecular weight excluding hydrogens is 633 g/mol. The zero-order chi connectivity index (χ0) is 33.8. The summed E-state index contributed by atoms with van der Waals surface area (Å²) in [6.45, 7) is 15.8. The monoisotopic (exact) mass is 680 g/mol. The smallest absolute Gasteiger partial charge is 0.0543 e. The van der Waals surface area contributed by atoms with Crippen LogP contribution in [0.15, 0.2) is 146 Å². The quantitative estimate of drug-likeness (QED) is 0.126. The van der Waals surface area contributed by atoms with Crippen molar-refractivity contribution in [3.8, 4) is 0 Å². The van der Waals surface area contributed by atoms with E-state index in [1.165, 1.54) is 65.2 Å². The third kappa shape index (κ3) is 7.15. The number of rotatable bonds is 10. The van der Waals surface area contributed by atoms with E-state index in [0.29, 0.717) is 0 Å². The molecule has 6 rings (SSSR count). The van der Waals surface area contributed by atoms with Crippen molar-refractivity contribution < 1.29 is 0 Å². The summed E-state index contributed by atoms with van der Waals surface area (Å²) in [6, 6.07) is 57.3. The topological polar surface area (TPSA) is 0 Å². The predicted octanol–water partition coefficient (Wildman–Crippen LogP) is 10.3. The summed E-state index contributed by atoms with van der Waals surface area (Å²) in [5.41, 5.74) is 7.82. The van der Waals surface area contributed by atoms with E-state index in [0.717, 1.165) is 6.42 Å². The highest BCUT2D eigenvalue weighted by Crippen LogP contribution is 2.79. The summed E-state index contributed by atoms with van der Waals surface area (Å²) in [5, 5.41) is 8.75. The maximum Gasteiger partial charge on any atom is 0.0543 e. The summed E-state index contributed by atoms with van der Waals surface area (Å²) in [5.74, 6) is 0. The number of hydrogen-bond acceptors (Lipinski definition) is 0. The van der Waals surface area contributed by atoms with E-state index < -0.39 is 23.8 Å². The lowest BCUT2D eigenvalue weighted by molar-refractivity contribution is 0.984. The van der Waals surface area contributed by atoms with Crippen molar-refractivity contribution in [3.63, 3.8) is 0 Å². The van der Waals surface area contributed by atoms with E-state index in [2.05, 4.69) is 194 Å². The first-order valence-corrected chi connectivity index (χ1v) is 21.0. The van der Waals surface area contributed by atoms with Crippen molar-refractivity contribution in [2.45, 2.75) is 59.5 Å². The summed E-state index contributed by atoms with van der Waals surface area (Å²) in [6.07, 6.45) is 1.04. The van der Waals surface area contributed by atoms with Crippen LogP contribution in [0.4, 0.5) is 0 Å². The fraction of sp³-hybridized carbons (Fsp3) is 0.200. The Hall–Kier alpha value is -3.39. The Balaban J connectivity index is 1.81. The van der Waals surface area contributed by atoms with Gasteiger partial charge >= 0.3 is 0 Å². The van der Waals surface area contributed by atoms with Gasteiger partial charge in [0.25, 0.3) is 0 Å². The van der Waals surface area contributed by atoms with Gasteiger partial charge in [-0.3, -0.25) is 0 Å². The first kappa shape index (κ1) is 34.5. The number of hydrogen-bond donors (Lipinski definition) is 0. The van der Waals surface area contributed by atoms with Crippen LogP contribution in [0, 0.1) is 41.5 Å². The number of aryl methyl sites for hydroxylation is 6. The number of benzene rings is 6. The van der Waals surface area contributed by atoms with Crippen LogP contribution in [0.3, 0.4) is 0 Å². The molecule has 6 aromatic rings. The molecule has 242 valence electrons. The van der Waals surface area contributed by atoms with Gasteiger partial charge in [0.15, 0.2) is 0 Å². The highest BCUT2D eigenvalue weighted by atomic mass is 31.2. The van der Waals surface area contributed by atoms with Gasteiger partial charge < -0.3 is 0 Å². The minimum Gasteiger partial charge on any atom is -0.0638 e. The highest BCUT2D eigenvalue weighted by Gasteiger charge is 2.53. The molecular formula is C45H47P3. The Morgan fingerprint density at radius 1 is 0.292 bits per heavy atom. The van der Waals surface area contributed by atoms with Crippen LogP contribution >= 0.6 is 23.8 Å². The lowest BCUT2D eigenvalue weighted by atomic mass is 10.2. The van der Waals surface area contributed by atoms with Crippen LogP contribution in [0.2, 0.25) is 0 Å². The third-order valence-corrected chi connectivity index (χ3v) is 20.9. The van der Waals surface area contributed by atoms with E-state index >= 15 is 0 Å². The maximum absolute atomic E-state index is 2.49. The van der Waals surface area contributed by atoms with Crippen molar-refractivity contribution in [1.82, 2.24) is 0 Å². The summed E-state index contributed by atoms with van der Waals surface area (Å²) >= 11 is 0. The molecule has 0 saturated carbocycles. The Labute approximate surface area is 293 Å². The van der Waals surface area contributed by atoms with Crippen molar-refractivity contribution in [1.29, 1.82) is 0 Å². The third-order valence-electron chi connectivity index (χ3n) is 9.30. The fourth-order valence-electron chi connectivity index (χ4n) is 6.63. The van der Waals surface area contributed by atoms with Gasteiger partial charge in [-0.05, 0) is 104 Å². The predicted molar refractivity (Wildman–Crippen MR) is 219 cm³/mol. The molecule has 0 heterocycles. The van der Waals surface area contributed by atoms with Crippen LogP contribution in [0.25, 0.3) is 0 Å². The van der Waals surface area contributed by atoms with Gasteiger partial charge in [-0.15, -0.1) is 0 Å². The molecule has 0 bridgehead atoms. The van der Waals surface area contributed by atoms with Gasteiger partial charge in [0.1, 0.15) is 0 Å². The molecule has 48 heavy (non-hydrogen) atoms. The molecule has 0 aliphatic carbocycles. The molecule has 0 aliphatic heterocycles. The largest absolute Gasteiger partial charge is 0.0638 e. The summed E-state index contributed by atoms with van der Waals surface area (Å²) < 4.78 is -0.125. The van der Waals surface area contributed by atoms with Crippen LogP contribution in [0.5, 0.6) is 0 Å². The molecule has 0 aliphatic rings. The molecule has 0 radical (unpaired) electrons. The second kappa shape index (κ2) is 15.0. The van der Waals surface area contributed by atoms with Gasteiger partial charge in [-0.1, -0.05) is 186 Å². The minimum atomic E-state index is -0.870. The maximum atomic E-state index is 2.49. The van der Waals surface area contributed by atoms with Gasteiger partial charge in [-0.2, -0.15) is 0 Å². The first-order valence-electron chi connectivity index (χ1n) is 17.0. The van der Waals surface area contributed by atoms with Crippen LogP contribution in [-0.2, 0) is 0 Å². The molecule has 0 saturated heterocycles. The van der Waals surface area contributed by atoms with Gasteiger partial charge in [0.2, 0.25) is 0 Å². The SMILES string of the molecule is CCC(P(c1ccc(C)cc1)c1ccc(C)cc1)(P(c1ccc(C)cc1)c1ccc(C)cc1)P(c1ccc(C)cc1)c1ccc(C)cc1. The molecule has 0 unspecified atom stereocenters. The minimum absolute atomic E-state index is 0.125. The lowest BCUT2D eigenvalue weighted by Gasteiger charge is -2.52. The molecule has 0 N–H and O–H groups in total. The average molecular weight is 681 g/mol. The fourth-order valence-corrected chi connectivity index (χ4v) is 20.2.